The molecule has 6 nitrogen and oxygen atoms in total. The number of anilines is 1. The molecule has 1 saturated heterocycles. The van der Waals surface area contributed by atoms with Gasteiger partial charge in [0.25, 0.3) is 5.91 Å². The number of nitrogens with zero attached hydrogens (tertiary/aromatic N) is 4. The number of aryl methyl sites for hydroxylation is 1. The van der Waals surface area contributed by atoms with Crippen molar-refractivity contribution < 1.29 is 4.79 Å². The average Bonchev–Trinajstić information content (AvgIpc) is 2.88. The van der Waals surface area contributed by atoms with Gasteiger partial charge in [0.15, 0.2) is 0 Å². The highest BCUT2D eigenvalue weighted by molar-refractivity contribution is 5.97. The fourth-order valence-corrected chi connectivity index (χ4v) is 3.05. The van der Waals surface area contributed by atoms with Crippen LogP contribution in [-0.4, -0.2) is 58.2 Å². The highest BCUT2D eigenvalue weighted by Gasteiger charge is 2.28. The van der Waals surface area contributed by atoms with E-state index in [0.29, 0.717) is 24.0 Å². The van der Waals surface area contributed by atoms with Crippen molar-refractivity contribution in [2.24, 2.45) is 0 Å². The summed E-state index contributed by atoms with van der Waals surface area (Å²) in [5.41, 5.74) is 6.90. The van der Waals surface area contributed by atoms with Crippen molar-refractivity contribution in [3.8, 4) is 0 Å². The van der Waals surface area contributed by atoms with Crippen LogP contribution in [0.5, 0.6) is 0 Å². The molecular weight excluding hydrogens is 266 g/mol. The molecule has 0 aromatic carbocycles. The summed E-state index contributed by atoms with van der Waals surface area (Å²) in [6.07, 6.45) is 4.81. The topological polar surface area (TPSA) is 67.4 Å². The molecule has 0 saturated carbocycles. The molecule has 0 radical (unpaired) electrons. The fourth-order valence-electron chi connectivity index (χ4n) is 3.05. The first-order valence-electron chi connectivity index (χ1n) is 7.89. The Morgan fingerprint density at radius 3 is 2.67 bits per heavy atom. The molecule has 0 bridgehead atoms. The Hall–Kier alpha value is -1.56. The number of carbonyl (C=O) groups excluding carboxylic acids is 1. The number of hydrogen-bond donors (Lipinski definition) is 1. The quantitative estimate of drug-likeness (QED) is 0.892. The van der Waals surface area contributed by atoms with Crippen LogP contribution < -0.4 is 5.73 Å². The van der Waals surface area contributed by atoms with Gasteiger partial charge in [0.05, 0.1) is 11.9 Å². The van der Waals surface area contributed by atoms with Crippen LogP contribution in [0.2, 0.25) is 0 Å². The van der Waals surface area contributed by atoms with E-state index in [1.54, 1.807) is 10.9 Å². The first-order chi connectivity index (χ1) is 10.1. The Morgan fingerprint density at radius 1 is 1.43 bits per heavy atom. The number of rotatable bonds is 5. The summed E-state index contributed by atoms with van der Waals surface area (Å²) in [5.74, 6) is -0.0132. The van der Waals surface area contributed by atoms with Crippen LogP contribution >= 0.6 is 0 Å². The lowest BCUT2D eigenvalue weighted by molar-refractivity contribution is 0.0632. The number of carbonyl (C=O) groups is 1. The number of aromatic nitrogens is 2. The SMILES string of the molecule is CCCN1CCC(N(C)C(=O)c2c(N)cnn2CC)CC1. The van der Waals surface area contributed by atoms with E-state index in [2.05, 4.69) is 16.9 Å². The second-order valence-electron chi connectivity index (χ2n) is 5.75. The van der Waals surface area contributed by atoms with Gasteiger partial charge in [-0.2, -0.15) is 5.10 Å². The van der Waals surface area contributed by atoms with Gasteiger partial charge >= 0.3 is 0 Å². The summed E-state index contributed by atoms with van der Waals surface area (Å²) in [5, 5.41) is 4.16. The normalized spacial score (nSPS) is 17.1. The highest BCUT2D eigenvalue weighted by Crippen LogP contribution is 2.20. The Balaban J connectivity index is 2.02. The predicted molar refractivity (Wildman–Crippen MR) is 84.2 cm³/mol. The van der Waals surface area contributed by atoms with Gasteiger partial charge < -0.3 is 15.5 Å². The van der Waals surface area contributed by atoms with E-state index in [-0.39, 0.29) is 5.91 Å². The van der Waals surface area contributed by atoms with Crippen molar-refractivity contribution in [3.05, 3.63) is 11.9 Å². The third kappa shape index (κ3) is 3.37. The van der Waals surface area contributed by atoms with Crippen molar-refractivity contribution in [2.75, 3.05) is 32.4 Å². The zero-order valence-corrected chi connectivity index (χ0v) is 13.4. The summed E-state index contributed by atoms with van der Waals surface area (Å²) < 4.78 is 1.68. The van der Waals surface area contributed by atoms with Crippen LogP contribution in [0.15, 0.2) is 6.20 Å². The Labute approximate surface area is 126 Å². The van der Waals surface area contributed by atoms with E-state index in [9.17, 15) is 4.79 Å². The maximum absolute atomic E-state index is 12.7. The molecule has 0 atom stereocenters. The molecule has 0 unspecified atom stereocenters. The van der Waals surface area contributed by atoms with Crippen molar-refractivity contribution in [2.45, 2.75) is 45.7 Å². The second kappa shape index (κ2) is 6.93. The van der Waals surface area contributed by atoms with E-state index in [4.69, 9.17) is 5.73 Å². The van der Waals surface area contributed by atoms with Gasteiger partial charge in [-0.3, -0.25) is 9.48 Å². The van der Waals surface area contributed by atoms with Crippen molar-refractivity contribution in [1.29, 1.82) is 0 Å². The smallest absolute Gasteiger partial charge is 0.274 e. The van der Waals surface area contributed by atoms with Crippen LogP contribution in [0.25, 0.3) is 0 Å². The van der Waals surface area contributed by atoms with Crippen LogP contribution in [0.1, 0.15) is 43.6 Å². The minimum Gasteiger partial charge on any atom is -0.396 e. The fraction of sp³-hybridized carbons (Fsp3) is 0.733. The second-order valence-corrected chi connectivity index (χ2v) is 5.75. The lowest BCUT2D eigenvalue weighted by atomic mass is 10.0. The molecule has 1 fully saturated rings. The van der Waals surface area contributed by atoms with Gasteiger partial charge in [-0.25, -0.2) is 0 Å². The van der Waals surface area contributed by atoms with Crippen LogP contribution in [0.4, 0.5) is 5.69 Å². The number of nitrogen functional groups attached to an aromatic ring is 1. The molecule has 2 N–H and O–H groups in total. The third-order valence-electron chi connectivity index (χ3n) is 4.33. The molecule has 0 spiro atoms. The standard InChI is InChI=1S/C15H27N5O/c1-4-8-19-9-6-12(7-10-19)18(3)15(21)14-13(16)11-17-20(14)5-2/h11-12H,4-10,16H2,1-3H3. The number of piperidine rings is 1. The molecule has 118 valence electrons. The lowest BCUT2D eigenvalue weighted by Crippen LogP contribution is -2.46. The van der Waals surface area contributed by atoms with Gasteiger partial charge in [0, 0.05) is 32.7 Å². The monoisotopic (exact) mass is 293 g/mol. The molecule has 1 aromatic heterocycles. The maximum atomic E-state index is 12.7. The molecule has 21 heavy (non-hydrogen) atoms. The Kier molecular flexibility index (Phi) is 5.22. The van der Waals surface area contributed by atoms with Crippen LogP contribution in [0.3, 0.4) is 0 Å². The lowest BCUT2D eigenvalue weighted by Gasteiger charge is -2.36. The third-order valence-corrected chi connectivity index (χ3v) is 4.33. The first-order valence-corrected chi connectivity index (χ1v) is 7.89. The Bertz CT molecular complexity index is 476. The molecule has 0 aliphatic carbocycles. The molecule has 1 aliphatic heterocycles. The molecule has 1 aromatic rings. The van der Waals surface area contributed by atoms with E-state index < -0.39 is 0 Å². The molecule has 2 rings (SSSR count). The Morgan fingerprint density at radius 2 is 2.10 bits per heavy atom. The minimum atomic E-state index is -0.0132. The maximum Gasteiger partial charge on any atom is 0.274 e. The largest absolute Gasteiger partial charge is 0.396 e. The number of likely N-dealkylation sites (tertiary alicyclic amines) is 1. The van der Waals surface area contributed by atoms with E-state index in [0.717, 1.165) is 32.5 Å². The zero-order valence-electron chi connectivity index (χ0n) is 13.4. The summed E-state index contributed by atoms with van der Waals surface area (Å²) in [7, 11) is 1.88. The summed E-state index contributed by atoms with van der Waals surface area (Å²) in [4.78, 5) is 17.0. The summed E-state index contributed by atoms with van der Waals surface area (Å²) in [6, 6.07) is 0.296. The van der Waals surface area contributed by atoms with E-state index in [1.165, 1.54) is 6.42 Å². The van der Waals surface area contributed by atoms with E-state index >= 15 is 0 Å². The molecule has 2 heterocycles. The first kappa shape index (κ1) is 15.8. The number of amides is 1. The summed E-state index contributed by atoms with van der Waals surface area (Å²) in [6.45, 7) is 8.11. The van der Waals surface area contributed by atoms with Gasteiger partial charge in [-0.15, -0.1) is 0 Å². The van der Waals surface area contributed by atoms with E-state index in [1.807, 2.05) is 18.9 Å². The number of nitrogens with two attached hydrogens (primary N) is 1. The summed E-state index contributed by atoms with van der Waals surface area (Å²) >= 11 is 0. The highest BCUT2D eigenvalue weighted by atomic mass is 16.2. The van der Waals surface area contributed by atoms with Crippen molar-refractivity contribution in [3.63, 3.8) is 0 Å². The molecule has 1 amide bonds. The van der Waals surface area contributed by atoms with Gasteiger partial charge in [0.1, 0.15) is 5.69 Å². The van der Waals surface area contributed by atoms with Gasteiger partial charge in [-0.05, 0) is 32.7 Å². The average molecular weight is 293 g/mol. The van der Waals surface area contributed by atoms with Crippen LogP contribution in [-0.2, 0) is 6.54 Å². The van der Waals surface area contributed by atoms with Gasteiger partial charge in [-0.1, -0.05) is 6.92 Å². The molecule has 6 heteroatoms. The molecule has 1 aliphatic rings. The zero-order chi connectivity index (χ0) is 15.4. The number of hydrogen-bond acceptors (Lipinski definition) is 4. The van der Waals surface area contributed by atoms with Gasteiger partial charge in [0.2, 0.25) is 0 Å². The predicted octanol–water partition coefficient (Wildman–Crippen LogP) is 1.43. The van der Waals surface area contributed by atoms with Crippen molar-refractivity contribution in [1.82, 2.24) is 19.6 Å². The minimum absolute atomic E-state index is 0.0132. The molecular formula is C15H27N5O. The van der Waals surface area contributed by atoms with Crippen molar-refractivity contribution >= 4 is 11.6 Å². The van der Waals surface area contributed by atoms with Crippen LogP contribution in [0, 0.1) is 0 Å².